The molecule has 0 heterocycles. The molecule has 3 nitrogen and oxygen atoms in total. The lowest BCUT2D eigenvalue weighted by Crippen LogP contribution is -2.48. The molecule has 0 atom stereocenters. The van der Waals surface area contributed by atoms with Gasteiger partial charge in [-0.3, -0.25) is 0 Å². The van der Waals surface area contributed by atoms with Crippen LogP contribution >= 0.6 is 23.2 Å². The van der Waals surface area contributed by atoms with Crippen molar-refractivity contribution in [3.05, 3.63) is 33.8 Å². The third-order valence-corrected chi connectivity index (χ3v) is 6.39. The van der Waals surface area contributed by atoms with E-state index in [1.54, 1.807) is 6.07 Å². The molecule has 0 aliphatic heterocycles. The van der Waals surface area contributed by atoms with Gasteiger partial charge in [0.1, 0.15) is 0 Å². The highest BCUT2D eigenvalue weighted by molar-refractivity contribution is 6.60. The summed E-state index contributed by atoms with van der Waals surface area (Å²) in [6, 6.07) is 6.08. The van der Waals surface area contributed by atoms with Gasteiger partial charge in [-0.05, 0) is 32.4 Å². The molecule has 1 aromatic rings. The van der Waals surface area contributed by atoms with Gasteiger partial charge in [0, 0.05) is 25.9 Å². The molecule has 19 heavy (non-hydrogen) atoms. The molecule has 108 valence electrons. The normalized spacial score (nSPS) is 11.8. The third kappa shape index (κ3) is 4.74. The van der Waals surface area contributed by atoms with E-state index in [0.717, 1.165) is 5.56 Å². The van der Waals surface area contributed by atoms with Crippen LogP contribution in [0, 0.1) is 0 Å². The van der Waals surface area contributed by atoms with Crippen LogP contribution in [0.4, 0.5) is 0 Å². The van der Waals surface area contributed by atoms with Crippen LogP contribution in [0.25, 0.3) is 0 Å². The fraction of sp³-hybridized carbons (Fsp3) is 0.538. The van der Waals surface area contributed by atoms with E-state index >= 15 is 0 Å². The molecule has 0 aromatic heterocycles. The lowest BCUT2D eigenvalue weighted by Gasteiger charge is -2.28. The monoisotopic (exact) mass is 322 g/mol. The number of rotatable bonds is 8. The first-order valence-electron chi connectivity index (χ1n) is 6.43. The molecule has 6 heteroatoms. The van der Waals surface area contributed by atoms with Crippen LogP contribution in [-0.2, 0) is 19.3 Å². The van der Waals surface area contributed by atoms with Gasteiger partial charge >= 0.3 is 8.80 Å². The first kappa shape index (κ1) is 16.9. The van der Waals surface area contributed by atoms with Crippen LogP contribution in [0.1, 0.15) is 26.3 Å². The number of halogens is 2. The quantitative estimate of drug-likeness (QED) is 0.674. The van der Waals surface area contributed by atoms with E-state index in [9.17, 15) is 0 Å². The largest absolute Gasteiger partial charge is 0.505 e. The molecule has 0 N–H and O–H groups in total. The summed E-state index contributed by atoms with van der Waals surface area (Å²) in [4.78, 5) is 0. The second-order valence-corrected chi connectivity index (χ2v) is 7.24. The summed E-state index contributed by atoms with van der Waals surface area (Å²) in [5.74, 6) is 0. The molecule has 0 radical (unpaired) electrons. The molecule has 0 amide bonds. The average Bonchev–Trinajstić information content (AvgIpc) is 2.36. The lowest BCUT2D eigenvalue weighted by molar-refractivity contribution is 0.0704. The van der Waals surface area contributed by atoms with E-state index < -0.39 is 8.80 Å². The van der Waals surface area contributed by atoms with Crippen molar-refractivity contribution in [1.82, 2.24) is 0 Å². The van der Waals surface area contributed by atoms with Crippen molar-refractivity contribution in [3.8, 4) is 0 Å². The Morgan fingerprint density at radius 3 is 1.95 bits per heavy atom. The predicted molar refractivity (Wildman–Crippen MR) is 80.8 cm³/mol. The van der Waals surface area contributed by atoms with Gasteiger partial charge < -0.3 is 13.3 Å². The van der Waals surface area contributed by atoms with Gasteiger partial charge in [-0.15, -0.1) is 0 Å². The second kappa shape index (κ2) is 8.24. The third-order valence-electron chi connectivity index (χ3n) is 2.53. The van der Waals surface area contributed by atoms with Crippen LogP contribution < -0.4 is 0 Å². The van der Waals surface area contributed by atoms with E-state index in [2.05, 4.69) is 0 Å². The minimum Gasteiger partial charge on any atom is -0.374 e. The zero-order chi connectivity index (χ0) is 14.3. The van der Waals surface area contributed by atoms with E-state index in [4.69, 9.17) is 36.5 Å². The average molecular weight is 323 g/mol. The van der Waals surface area contributed by atoms with Crippen LogP contribution in [-0.4, -0.2) is 28.6 Å². The van der Waals surface area contributed by atoms with E-state index in [0.29, 0.717) is 35.9 Å². The SMILES string of the molecule is CCO[Si](Cc1cccc(Cl)c1Cl)(OCC)OCC. The van der Waals surface area contributed by atoms with Gasteiger partial charge in [0.05, 0.1) is 10.0 Å². The molecule has 0 aliphatic carbocycles. The Kier molecular flexibility index (Phi) is 7.35. The summed E-state index contributed by atoms with van der Waals surface area (Å²) in [6.45, 7) is 7.43. The second-order valence-electron chi connectivity index (χ2n) is 3.87. The minimum atomic E-state index is -2.73. The Hall–Kier alpha value is -0.103. The summed E-state index contributed by atoms with van der Waals surface area (Å²) in [6.07, 6.45) is 0. The Morgan fingerprint density at radius 1 is 0.947 bits per heavy atom. The Bertz CT molecular complexity index is 384. The van der Waals surface area contributed by atoms with Crippen molar-refractivity contribution in [3.63, 3.8) is 0 Å². The molecule has 0 saturated heterocycles. The molecular weight excluding hydrogens is 303 g/mol. The van der Waals surface area contributed by atoms with Crippen molar-refractivity contribution in [2.75, 3.05) is 19.8 Å². The van der Waals surface area contributed by atoms with Crippen molar-refractivity contribution in [1.29, 1.82) is 0 Å². The molecule has 0 aliphatic rings. The summed E-state index contributed by atoms with van der Waals surface area (Å²) in [7, 11) is -2.73. The van der Waals surface area contributed by atoms with Gasteiger partial charge in [0.2, 0.25) is 0 Å². The molecular formula is C13H20Cl2O3Si. The standard InChI is InChI=1S/C13H20Cl2O3Si/c1-4-16-19(17-5-2,18-6-3)10-11-8-7-9-12(14)13(11)15/h7-9H,4-6,10H2,1-3H3. The maximum Gasteiger partial charge on any atom is 0.505 e. The van der Waals surface area contributed by atoms with Gasteiger partial charge in [-0.25, -0.2) is 0 Å². The van der Waals surface area contributed by atoms with E-state index in [1.165, 1.54) is 0 Å². The van der Waals surface area contributed by atoms with E-state index in [-0.39, 0.29) is 0 Å². The van der Waals surface area contributed by atoms with Crippen molar-refractivity contribution >= 4 is 32.0 Å². The molecule has 0 saturated carbocycles. The van der Waals surface area contributed by atoms with Crippen molar-refractivity contribution in [2.45, 2.75) is 26.8 Å². The maximum atomic E-state index is 6.22. The molecule has 0 fully saturated rings. The molecule has 1 rings (SSSR count). The minimum absolute atomic E-state index is 0.530. The summed E-state index contributed by atoms with van der Waals surface area (Å²) >= 11 is 12.3. The molecule has 0 spiro atoms. The van der Waals surface area contributed by atoms with Crippen molar-refractivity contribution < 1.29 is 13.3 Å². The van der Waals surface area contributed by atoms with Gasteiger partial charge in [-0.1, -0.05) is 35.3 Å². The van der Waals surface area contributed by atoms with Gasteiger partial charge in [-0.2, -0.15) is 0 Å². The first-order valence-corrected chi connectivity index (χ1v) is 9.12. The molecule has 1 aromatic carbocycles. The molecule has 0 bridgehead atoms. The summed E-state index contributed by atoms with van der Waals surface area (Å²) < 4.78 is 17.4. The van der Waals surface area contributed by atoms with Gasteiger partial charge in [0.15, 0.2) is 0 Å². The highest BCUT2D eigenvalue weighted by Gasteiger charge is 2.41. The first-order chi connectivity index (χ1) is 9.08. The van der Waals surface area contributed by atoms with Crippen LogP contribution in [0.2, 0.25) is 10.0 Å². The predicted octanol–water partition coefficient (Wildman–Crippen LogP) is 4.12. The van der Waals surface area contributed by atoms with Crippen LogP contribution in [0.15, 0.2) is 18.2 Å². The Morgan fingerprint density at radius 2 is 1.47 bits per heavy atom. The number of hydrogen-bond donors (Lipinski definition) is 0. The van der Waals surface area contributed by atoms with E-state index in [1.807, 2.05) is 32.9 Å². The highest BCUT2D eigenvalue weighted by atomic mass is 35.5. The summed E-state index contributed by atoms with van der Waals surface area (Å²) in [5, 5.41) is 1.08. The lowest BCUT2D eigenvalue weighted by atomic mass is 10.2. The van der Waals surface area contributed by atoms with Gasteiger partial charge in [0.25, 0.3) is 0 Å². The van der Waals surface area contributed by atoms with Crippen LogP contribution in [0.3, 0.4) is 0 Å². The summed E-state index contributed by atoms with van der Waals surface area (Å²) in [5.41, 5.74) is 0.899. The van der Waals surface area contributed by atoms with Crippen molar-refractivity contribution in [2.24, 2.45) is 0 Å². The molecule has 0 unspecified atom stereocenters. The van der Waals surface area contributed by atoms with Crippen LogP contribution in [0.5, 0.6) is 0 Å². The fourth-order valence-electron chi connectivity index (χ4n) is 1.86. The fourth-order valence-corrected chi connectivity index (χ4v) is 4.99. The zero-order valence-electron chi connectivity index (χ0n) is 11.5. The number of benzene rings is 1. The zero-order valence-corrected chi connectivity index (χ0v) is 14.1. The topological polar surface area (TPSA) is 27.7 Å². The Balaban J connectivity index is 3.00. The maximum absolute atomic E-state index is 6.22. The number of hydrogen-bond acceptors (Lipinski definition) is 3. The highest BCUT2D eigenvalue weighted by Crippen LogP contribution is 2.29. The Labute approximate surface area is 126 Å². The smallest absolute Gasteiger partial charge is 0.374 e.